The number of alkyl carbamates (subject to hydrolysis) is 1. The van der Waals surface area contributed by atoms with Gasteiger partial charge < -0.3 is 29.0 Å². The van der Waals surface area contributed by atoms with Gasteiger partial charge in [-0.3, -0.25) is 9.59 Å². The van der Waals surface area contributed by atoms with E-state index in [1.54, 1.807) is 74.4 Å². The molecule has 0 aliphatic carbocycles. The Morgan fingerprint density at radius 1 is 0.683 bits per heavy atom. The van der Waals surface area contributed by atoms with Crippen LogP contribution in [0.15, 0.2) is 30.3 Å². The molecule has 0 fully saturated rings. The van der Waals surface area contributed by atoms with E-state index in [1.165, 1.54) is 0 Å². The Morgan fingerprint density at radius 3 is 1.73 bits per heavy atom. The second kappa shape index (κ2) is 15.4. The van der Waals surface area contributed by atoms with E-state index >= 15 is 0 Å². The van der Waals surface area contributed by atoms with Gasteiger partial charge in [0.15, 0.2) is 0 Å². The van der Waals surface area contributed by atoms with Crippen LogP contribution in [0.5, 0.6) is 0 Å². The van der Waals surface area contributed by atoms with Crippen molar-refractivity contribution in [3.8, 4) is 0 Å². The molecule has 1 rings (SSSR count). The van der Waals surface area contributed by atoms with Crippen LogP contribution < -0.4 is 5.32 Å². The summed E-state index contributed by atoms with van der Waals surface area (Å²) in [5.74, 6) is -2.83. The fraction of sp³-hybridized carbons (Fsp3) is 0.633. The summed E-state index contributed by atoms with van der Waals surface area (Å²) < 4.78 is 26.6. The van der Waals surface area contributed by atoms with Crippen LogP contribution in [0.4, 0.5) is 4.79 Å². The smallest absolute Gasteiger partial charge is 0.408 e. The molecule has 0 bridgehead atoms. The molecule has 11 nitrogen and oxygen atoms in total. The summed E-state index contributed by atoms with van der Waals surface area (Å²) in [4.78, 5) is 63.0. The van der Waals surface area contributed by atoms with E-state index < -0.39 is 58.9 Å². The number of nitrogens with one attached hydrogen (secondary N) is 1. The number of carbonyl (C=O) groups excluding carboxylic acids is 5. The molecule has 1 aromatic carbocycles. The number of carbonyl (C=O) groups is 5. The third-order valence-electron chi connectivity index (χ3n) is 4.81. The number of esters is 4. The highest BCUT2D eigenvalue weighted by atomic mass is 16.6. The van der Waals surface area contributed by atoms with Crippen LogP contribution in [0.2, 0.25) is 0 Å². The fourth-order valence-electron chi connectivity index (χ4n) is 3.23. The van der Waals surface area contributed by atoms with Crippen molar-refractivity contribution in [2.75, 3.05) is 0 Å². The zero-order valence-electron chi connectivity index (χ0n) is 25.7. The summed E-state index contributed by atoms with van der Waals surface area (Å²) >= 11 is 0. The van der Waals surface area contributed by atoms with Crippen LogP contribution in [0, 0.1) is 0 Å². The molecule has 0 aromatic heterocycles. The number of hydrogen-bond donors (Lipinski definition) is 1. The minimum atomic E-state index is -1.46. The maximum atomic E-state index is 12.9. The van der Waals surface area contributed by atoms with Crippen LogP contribution in [0.25, 0.3) is 0 Å². The van der Waals surface area contributed by atoms with Gasteiger partial charge in [-0.15, -0.1) is 0 Å². The SMILES string of the molecule is CC(C)(C)OC(=O)CC[C@H](OC(=O)N[C@@H](CCC(=O)OCc1ccccc1)C(=O)OC(C)(C)C)C(=O)OC(C)(C)C. The maximum absolute atomic E-state index is 12.9. The monoisotopic (exact) mass is 579 g/mol. The van der Waals surface area contributed by atoms with E-state index in [1.807, 2.05) is 18.2 Å². The van der Waals surface area contributed by atoms with Crippen molar-refractivity contribution >= 4 is 30.0 Å². The molecule has 0 aliphatic rings. The normalized spacial score (nSPS) is 13.3. The molecule has 0 heterocycles. The van der Waals surface area contributed by atoms with E-state index in [9.17, 15) is 24.0 Å². The van der Waals surface area contributed by atoms with Gasteiger partial charge in [0.25, 0.3) is 0 Å². The molecule has 0 saturated heterocycles. The molecular formula is C30H45NO10. The van der Waals surface area contributed by atoms with Crippen molar-refractivity contribution in [3.63, 3.8) is 0 Å². The fourth-order valence-corrected chi connectivity index (χ4v) is 3.23. The Balaban J connectivity index is 2.93. The van der Waals surface area contributed by atoms with Crippen LogP contribution >= 0.6 is 0 Å². The number of hydrogen-bond acceptors (Lipinski definition) is 10. The summed E-state index contributed by atoms with van der Waals surface area (Å²) in [5, 5.41) is 2.38. The minimum absolute atomic E-state index is 0.0570. The molecule has 11 heteroatoms. The van der Waals surface area contributed by atoms with Crippen molar-refractivity contribution in [3.05, 3.63) is 35.9 Å². The zero-order valence-corrected chi connectivity index (χ0v) is 25.7. The van der Waals surface area contributed by atoms with Gasteiger partial charge in [-0.1, -0.05) is 30.3 Å². The number of amides is 1. The van der Waals surface area contributed by atoms with Gasteiger partial charge in [-0.25, -0.2) is 14.4 Å². The Kier molecular flexibility index (Phi) is 13.3. The summed E-state index contributed by atoms with van der Waals surface area (Å²) in [6.07, 6.45) is -3.37. The van der Waals surface area contributed by atoms with Gasteiger partial charge in [0.2, 0.25) is 6.10 Å². The summed E-state index contributed by atoms with van der Waals surface area (Å²) in [5.41, 5.74) is -1.70. The third-order valence-corrected chi connectivity index (χ3v) is 4.81. The molecule has 1 amide bonds. The molecule has 1 N–H and O–H groups in total. The summed E-state index contributed by atoms with van der Waals surface area (Å²) in [7, 11) is 0. The molecule has 0 unspecified atom stereocenters. The quantitative estimate of drug-likeness (QED) is 0.271. The van der Waals surface area contributed by atoms with Crippen LogP contribution in [-0.2, 0) is 49.5 Å². The Hall–Kier alpha value is -3.63. The van der Waals surface area contributed by atoms with E-state index in [0.717, 1.165) is 5.56 Å². The molecule has 41 heavy (non-hydrogen) atoms. The van der Waals surface area contributed by atoms with Gasteiger partial charge in [0.05, 0.1) is 0 Å². The molecule has 0 aliphatic heterocycles. The van der Waals surface area contributed by atoms with E-state index in [-0.39, 0.29) is 32.3 Å². The highest BCUT2D eigenvalue weighted by Gasteiger charge is 2.33. The van der Waals surface area contributed by atoms with E-state index in [2.05, 4.69) is 5.32 Å². The lowest BCUT2D eigenvalue weighted by molar-refractivity contribution is -0.166. The van der Waals surface area contributed by atoms with Gasteiger partial charge in [0, 0.05) is 19.3 Å². The summed E-state index contributed by atoms with van der Waals surface area (Å²) in [6.45, 7) is 15.1. The van der Waals surface area contributed by atoms with Gasteiger partial charge in [0.1, 0.15) is 29.5 Å². The maximum Gasteiger partial charge on any atom is 0.408 e. The standard InChI is InChI=1S/C30H45NO10/c1-28(2,3)39-24(33)18-16-22(26(35)41-30(7,8)9)38-27(36)31-21(25(34)40-29(4,5)6)15-17-23(32)37-19-20-13-11-10-12-14-20/h10-14,21-22H,15-19H2,1-9H3,(H,31,36)/t21-,22-/m0/s1. The van der Waals surface area contributed by atoms with Crippen molar-refractivity contribution < 1.29 is 47.7 Å². The van der Waals surface area contributed by atoms with E-state index in [0.29, 0.717) is 0 Å². The highest BCUT2D eigenvalue weighted by Crippen LogP contribution is 2.17. The predicted octanol–water partition coefficient (Wildman–Crippen LogP) is 4.78. The van der Waals surface area contributed by atoms with Crippen molar-refractivity contribution in [1.29, 1.82) is 0 Å². The van der Waals surface area contributed by atoms with E-state index in [4.69, 9.17) is 23.7 Å². The molecular weight excluding hydrogens is 534 g/mol. The van der Waals surface area contributed by atoms with Gasteiger partial charge in [-0.05, 0) is 74.3 Å². The lowest BCUT2D eigenvalue weighted by Gasteiger charge is -2.26. The second-order valence-electron chi connectivity index (χ2n) is 12.5. The molecule has 0 saturated carbocycles. The molecule has 230 valence electrons. The van der Waals surface area contributed by atoms with Crippen LogP contribution in [0.3, 0.4) is 0 Å². The zero-order chi connectivity index (χ0) is 31.4. The molecule has 0 spiro atoms. The first kappa shape index (κ1) is 35.4. The second-order valence-corrected chi connectivity index (χ2v) is 12.5. The van der Waals surface area contributed by atoms with Crippen LogP contribution in [-0.4, -0.2) is 58.9 Å². The first-order valence-corrected chi connectivity index (χ1v) is 13.6. The van der Waals surface area contributed by atoms with Crippen LogP contribution in [0.1, 0.15) is 93.6 Å². The number of ether oxygens (including phenoxy) is 5. The van der Waals surface area contributed by atoms with Crippen molar-refractivity contribution in [2.24, 2.45) is 0 Å². The number of rotatable bonds is 12. The molecule has 0 radical (unpaired) electrons. The van der Waals surface area contributed by atoms with Gasteiger partial charge in [-0.2, -0.15) is 0 Å². The Bertz CT molecular complexity index is 1030. The third kappa shape index (κ3) is 16.9. The number of benzene rings is 1. The molecule has 2 atom stereocenters. The predicted molar refractivity (Wildman–Crippen MR) is 149 cm³/mol. The Labute approximate surface area is 242 Å². The molecule has 1 aromatic rings. The largest absolute Gasteiger partial charge is 0.461 e. The lowest BCUT2D eigenvalue weighted by Crippen LogP contribution is -2.46. The highest BCUT2D eigenvalue weighted by molar-refractivity contribution is 5.84. The first-order chi connectivity index (χ1) is 18.7. The first-order valence-electron chi connectivity index (χ1n) is 13.6. The van der Waals surface area contributed by atoms with Crippen molar-refractivity contribution in [2.45, 2.75) is 124 Å². The Morgan fingerprint density at radius 2 is 1.20 bits per heavy atom. The average molecular weight is 580 g/mol. The van der Waals surface area contributed by atoms with Gasteiger partial charge >= 0.3 is 30.0 Å². The average Bonchev–Trinajstić information content (AvgIpc) is 2.80. The van der Waals surface area contributed by atoms with Crippen molar-refractivity contribution in [1.82, 2.24) is 5.32 Å². The topological polar surface area (TPSA) is 144 Å². The lowest BCUT2D eigenvalue weighted by atomic mass is 10.1. The minimum Gasteiger partial charge on any atom is -0.461 e. The summed E-state index contributed by atoms with van der Waals surface area (Å²) in [6, 6.07) is 7.80.